The molecule has 0 aliphatic carbocycles. The Morgan fingerprint density at radius 1 is 1.46 bits per heavy atom. The van der Waals surface area contributed by atoms with Crippen molar-refractivity contribution in [3.05, 3.63) is 40.9 Å². The molecule has 0 spiro atoms. The van der Waals surface area contributed by atoms with E-state index < -0.39 is 10.0 Å². The molecule has 128 valence electrons. The van der Waals surface area contributed by atoms with Crippen LogP contribution in [-0.2, 0) is 14.8 Å². The van der Waals surface area contributed by atoms with Crippen molar-refractivity contribution in [2.75, 3.05) is 19.6 Å². The van der Waals surface area contributed by atoms with E-state index in [9.17, 15) is 13.2 Å². The fourth-order valence-corrected chi connectivity index (χ4v) is 3.94. The molecular formula is C14H14ClN3O4S2. The van der Waals surface area contributed by atoms with Gasteiger partial charge in [-0.05, 0) is 18.2 Å². The molecule has 2 heterocycles. The zero-order valence-corrected chi connectivity index (χ0v) is 14.8. The van der Waals surface area contributed by atoms with Crippen molar-refractivity contribution >= 4 is 38.9 Å². The van der Waals surface area contributed by atoms with Gasteiger partial charge in [0.25, 0.3) is 5.19 Å². The zero-order chi connectivity index (χ0) is 17.2. The van der Waals surface area contributed by atoms with Crippen molar-refractivity contribution in [2.24, 2.45) is 0 Å². The quantitative estimate of drug-likeness (QED) is 0.808. The average Bonchev–Trinajstić information content (AvgIpc) is 3.01. The van der Waals surface area contributed by atoms with Crippen molar-refractivity contribution in [3.63, 3.8) is 0 Å². The van der Waals surface area contributed by atoms with Crippen LogP contribution in [0.5, 0.6) is 5.19 Å². The number of benzene rings is 1. The van der Waals surface area contributed by atoms with E-state index in [4.69, 9.17) is 16.3 Å². The van der Waals surface area contributed by atoms with Gasteiger partial charge in [0.15, 0.2) is 0 Å². The average molecular weight is 388 g/mol. The lowest BCUT2D eigenvalue weighted by molar-refractivity contribution is -0.138. The minimum atomic E-state index is -3.77. The third kappa shape index (κ3) is 4.04. The molecule has 0 radical (unpaired) electrons. The van der Waals surface area contributed by atoms with Crippen LogP contribution in [0.4, 0.5) is 0 Å². The highest BCUT2D eigenvalue weighted by Gasteiger charge is 2.33. The fourth-order valence-electron chi connectivity index (χ4n) is 2.11. The highest BCUT2D eigenvalue weighted by molar-refractivity contribution is 7.89. The fraction of sp³-hybridized carbons (Fsp3) is 0.286. The first-order valence-electron chi connectivity index (χ1n) is 7.03. The standard InChI is InChI=1S/C14H14ClN3O4S2/c15-10-2-1-3-12(6-10)24(20,21)17-7-13(19)18-8-11(9-18)22-14-16-4-5-23-14/h1-6,11,17H,7-9H2. The summed E-state index contributed by atoms with van der Waals surface area (Å²) in [5.74, 6) is -0.306. The second kappa shape index (κ2) is 7.06. The minimum Gasteiger partial charge on any atom is -0.463 e. The number of nitrogens with one attached hydrogen (secondary N) is 1. The highest BCUT2D eigenvalue weighted by Crippen LogP contribution is 2.20. The smallest absolute Gasteiger partial charge is 0.273 e. The molecule has 0 atom stereocenters. The Bertz CT molecular complexity index is 820. The third-order valence-corrected chi connectivity index (χ3v) is 5.69. The van der Waals surface area contributed by atoms with Gasteiger partial charge < -0.3 is 9.64 Å². The predicted octanol–water partition coefficient (Wildman–Crippen LogP) is 1.36. The topological polar surface area (TPSA) is 88.6 Å². The number of rotatable bonds is 6. The second-order valence-corrected chi connectivity index (χ2v) is 8.18. The van der Waals surface area contributed by atoms with E-state index in [0.29, 0.717) is 23.3 Å². The molecule has 0 bridgehead atoms. The summed E-state index contributed by atoms with van der Waals surface area (Å²) in [6.45, 7) is 0.521. The van der Waals surface area contributed by atoms with E-state index in [1.807, 2.05) is 5.38 Å². The summed E-state index contributed by atoms with van der Waals surface area (Å²) in [6.07, 6.45) is 1.54. The van der Waals surface area contributed by atoms with Crippen molar-refractivity contribution < 1.29 is 17.9 Å². The molecular weight excluding hydrogens is 374 g/mol. The van der Waals surface area contributed by atoms with Gasteiger partial charge in [-0.15, -0.1) is 0 Å². The van der Waals surface area contributed by atoms with Gasteiger partial charge in [0.2, 0.25) is 15.9 Å². The van der Waals surface area contributed by atoms with Gasteiger partial charge >= 0.3 is 0 Å². The maximum Gasteiger partial charge on any atom is 0.273 e. The molecule has 0 saturated carbocycles. The predicted molar refractivity (Wildman–Crippen MR) is 89.8 cm³/mol. The van der Waals surface area contributed by atoms with Crippen molar-refractivity contribution in [1.82, 2.24) is 14.6 Å². The Kier molecular flexibility index (Phi) is 5.04. The van der Waals surface area contributed by atoms with Crippen LogP contribution in [-0.4, -0.2) is 49.9 Å². The normalized spacial score (nSPS) is 15.1. The molecule has 7 nitrogen and oxygen atoms in total. The molecule has 1 aromatic heterocycles. The molecule has 1 aliphatic heterocycles. The molecule has 1 saturated heterocycles. The summed E-state index contributed by atoms with van der Waals surface area (Å²) in [4.78, 5) is 17.6. The number of hydrogen-bond acceptors (Lipinski definition) is 6. The van der Waals surface area contributed by atoms with Crippen molar-refractivity contribution in [3.8, 4) is 5.19 Å². The maximum absolute atomic E-state index is 12.1. The van der Waals surface area contributed by atoms with Gasteiger partial charge in [0.1, 0.15) is 6.10 Å². The Morgan fingerprint density at radius 2 is 2.25 bits per heavy atom. The number of hydrogen-bond donors (Lipinski definition) is 1. The van der Waals surface area contributed by atoms with Gasteiger partial charge in [-0.2, -0.15) is 0 Å². The Morgan fingerprint density at radius 3 is 2.92 bits per heavy atom. The van der Waals surface area contributed by atoms with Gasteiger partial charge in [-0.1, -0.05) is 29.0 Å². The van der Waals surface area contributed by atoms with E-state index in [0.717, 1.165) is 0 Å². The number of thiazole rings is 1. The summed E-state index contributed by atoms with van der Waals surface area (Å²) in [7, 11) is -3.77. The number of aromatic nitrogens is 1. The first-order valence-corrected chi connectivity index (χ1v) is 9.77. The molecule has 3 rings (SSSR count). The van der Waals surface area contributed by atoms with Crippen LogP contribution < -0.4 is 9.46 Å². The zero-order valence-electron chi connectivity index (χ0n) is 12.4. The maximum atomic E-state index is 12.1. The van der Waals surface area contributed by atoms with Crippen LogP contribution in [0.1, 0.15) is 0 Å². The Hall–Kier alpha value is -1.68. The van der Waals surface area contributed by atoms with Crippen LogP contribution in [0.15, 0.2) is 40.7 Å². The van der Waals surface area contributed by atoms with E-state index in [1.54, 1.807) is 12.3 Å². The number of sulfonamides is 1. The number of nitrogens with zero attached hydrogens (tertiary/aromatic N) is 2. The number of likely N-dealkylation sites (tertiary alicyclic amines) is 1. The summed E-state index contributed by atoms with van der Waals surface area (Å²) in [6, 6.07) is 5.86. The SMILES string of the molecule is O=C(CNS(=O)(=O)c1cccc(Cl)c1)N1CC(Oc2nccs2)C1. The lowest BCUT2D eigenvalue weighted by Gasteiger charge is -2.38. The molecule has 10 heteroatoms. The van der Waals surface area contributed by atoms with E-state index >= 15 is 0 Å². The second-order valence-electron chi connectivity index (χ2n) is 5.12. The number of carbonyl (C=O) groups excluding carboxylic acids is 1. The van der Waals surface area contributed by atoms with Gasteiger partial charge in [0, 0.05) is 16.6 Å². The molecule has 2 aromatic rings. The summed E-state index contributed by atoms with van der Waals surface area (Å²) in [5, 5.41) is 2.68. The van der Waals surface area contributed by atoms with Crippen LogP contribution >= 0.6 is 22.9 Å². The molecule has 1 aromatic carbocycles. The van der Waals surface area contributed by atoms with Gasteiger partial charge in [0.05, 0.1) is 24.5 Å². The molecule has 0 unspecified atom stereocenters. The van der Waals surface area contributed by atoms with Crippen LogP contribution in [0.3, 0.4) is 0 Å². The number of carbonyl (C=O) groups is 1. The Labute approximate surface area is 148 Å². The summed E-state index contributed by atoms with van der Waals surface area (Å²) < 4.78 is 32.1. The molecule has 1 N–H and O–H groups in total. The third-order valence-electron chi connectivity index (χ3n) is 3.40. The monoisotopic (exact) mass is 387 g/mol. The number of ether oxygens (including phenoxy) is 1. The van der Waals surface area contributed by atoms with E-state index in [-0.39, 0.29) is 23.5 Å². The number of amides is 1. The number of halogens is 1. The highest BCUT2D eigenvalue weighted by atomic mass is 35.5. The Balaban J connectivity index is 1.48. The molecule has 1 aliphatic rings. The largest absolute Gasteiger partial charge is 0.463 e. The first kappa shape index (κ1) is 17.2. The minimum absolute atomic E-state index is 0.0244. The van der Waals surface area contributed by atoms with Gasteiger partial charge in [-0.3, -0.25) is 4.79 Å². The summed E-state index contributed by atoms with van der Waals surface area (Å²) >= 11 is 7.17. The lowest BCUT2D eigenvalue weighted by Crippen LogP contribution is -2.58. The molecule has 1 amide bonds. The van der Waals surface area contributed by atoms with E-state index in [2.05, 4.69) is 9.71 Å². The van der Waals surface area contributed by atoms with Crippen molar-refractivity contribution in [1.29, 1.82) is 0 Å². The van der Waals surface area contributed by atoms with Crippen LogP contribution in [0.2, 0.25) is 5.02 Å². The van der Waals surface area contributed by atoms with Gasteiger partial charge in [-0.25, -0.2) is 18.1 Å². The van der Waals surface area contributed by atoms with E-state index in [1.165, 1.54) is 34.4 Å². The summed E-state index contributed by atoms with van der Waals surface area (Å²) in [5.41, 5.74) is 0. The van der Waals surface area contributed by atoms with Crippen molar-refractivity contribution in [2.45, 2.75) is 11.0 Å². The first-order chi connectivity index (χ1) is 11.4. The van der Waals surface area contributed by atoms with Crippen LogP contribution in [0.25, 0.3) is 0 Å². The molecule has 24 heavy (non-hydrogen) atoms. The van der Waals surface area contributed by atoms with Crippen LogP contribution in [0, 0.1) is 0 Å². The lowest BCUT2D eigenvalue weighted by atomic mass is 10.1. The molecule has 1 fully saturated rings.